The number of pyridine rings is 3. The number of aromatic nitrogens is 3. The smallest absolute Gasteiger partial charge is 0.135 e. The van der Waals surface area contributed by atoms with Crippen molar-refractivity contribution >= 4 is 31.9 Å². The van der Waals surface area contributed by atoms with Crippen molar-refractivity contribution in [2.45, 2.75) is 43.3 Å². The summed E-state index contributed by atoms with van der Waals surface area (Å²) in [5, 5.41) is 1.88. The predicted molar refractivity (Wildman–Crippen MR) is 246 cm³/mol. The molecule has 0 spiro atoms. The minimum atomic E-state index is -0.629. The zero-order chi connectivity index (χ0) is 44.7. The number of rotatable bonds is 11. The summed E-state index contributed by atoms with van der Waals surface area (Å²) in [5.41, 5.74) is 10.5. The third-order valence-electron chi connectivity index (χ3n) is 9.88. The van der Waals surface area contributed by atoms with Crippen LogP contribution in [0.1, 0.15) is 38.9 Å². The van der Waals surface area contributed by atoms with Crippen molar-refractivity contribution in [1.82, 2.24) is 15.0 Å². The van der Waals surface area contributed by atoms with E-state index in [-0.39, 0.29) is 11.1 Å². The van der Waals surface area contributed by atoms with Gasteiger partial charge in [0.1, 0.15) is 34.9 Å². The Morgan fingerprint density at radius 1 is 0.365 bits per heavy atom. The number of benzene rings is 5. The number of nitrogens with zero attached hydrogens (tertiary/aromatic N) is 3. The fourth-order valence-corrected chi connectivity index (χ4v) is 7.19. The Morgan fingerprint density at radius 3 is 1.05 bits per heavy atom. The quantitative estimate of drug-likeness (QED) is 0.0957. The molecule has 0 fully saturated rings. The van der Waals surface area contributed by atoms with E-state index in [1.54, 1.807) is 36.8 Å². The van der Waals surface area contributed by atoms with E-state index in [1.807, 2.05) is 31.2 Å². The highest BCUT2D eigenvalue weighted by molar-refractivity contribution is 9.08. The molecule has 0 aliphatic carbocycles. The molecular weight excluding hydrogens is 940 g/mol. The minimum Gasteiger partial charge on any atom is -0.256 e. The van der Waals surface area contributed by atoms with Crippen LogP contribution in [0.3, 0.4) is 0 Å². The Morgan fingerprint density at radius 2 is 0.714 bits per heavy atom. The molecule has 0 saturated carbocycles. The van der Waals surface area contributed by atoms with Gasteiger partial charge in [0.05, 0.1) is 17.1 Å². The summed E-state index contributed by atoms with van der Waals surface area (Å²) in [4.78, 5) is 12.8. The summed E-state index contributed by atoms with van der Waals surface area (Å²) in [6.07, 6.45) is 8.35. The van der Waals surface area contributed by atoms with Crippen molar-refractivity contribution in [3.8, 4) is 33.8 Å². The van der Waals surface area contributed by atoms with E-state index in [4.69, 9.17) is 0 Å². The van der Waals surface area contributed by atoms with Crippen LogP contribution in [0.2, 0.25) is 0 Å². The molecule has 3 nitrogen and oxygen atoms in total. The van der Waals surface area contributed by atoms with Gasteiger partial charge in [-0.2, -0.15) is 0 Å². The molecule has 0 N–H and O–H groups in total. The summed E-state index contributed by atoms with van der Waals surface area (Å²) < 4.78 is 80.4. The highest BCUT2D eigenvalue weighted by Crippen LogP contribution is 2.25. The maximum Gasteiger partial charge on any atom is 0.135 e. The van der Waals surface area contributed by atoms with Gasteiger partial charge >= 0.3 is 0 Å². The van der Waals surface area contributed by atoms with Crippen LogP contribution in [-0.2, 0) is 36.3 Å². The van der Waals surface area contributed by atoms with Crippen molar-refractivity contribution in [1.29, 1.82) is 0 Å². The van der Waals surface area contributed by atoms with E-state index in [0.29, 0.717) is 22.6 Å². The van der Waals surface area contributed by atoms with Crippen molar-refractivity contribution in [3.63, 3.8) is 0 Å². The summed E-state index contributed by atoms with van der Waals surface area (Å²) in [6, 6.07) is 38.2. The van der Waals surface area contributed by atoms with Crippen LogP contribution in [0, 0.1) is 41.8 Å². The highest BCUT2D eigenvalue weighted by atomic mass is 79.9. The topological polar surface area (TPSA) is 38.7 Å². The minimum absolute atomic E-state index is 0.276. The first-order chi connectivity index (χ1) is 30.5. The van der Waals surface area contributed by atoms with Crippen molar-refractivity contribution in [2.24, 2.45) is 0 Å². The van der Waals surface area contributed by atoms with Gasteiger partial charge in [-0.3, -0.25) is 15.0 Å². The van der Waals surface area contributed by atoms with E-state index in [0.717, 1.165) is 71.2 Å². The summed E-state index contributed by atoms with van der Waals surface area (Å²) in [6.45, 7) is 1.90. The molecule has 320 valence electrons. The Balaban J connectivity index is 0.000000214. The average Bonchev–Trinajstić information content (AvgIpc) is 3.29. The number of hydrogen-bond donors (Lipinski definition) is 0. The third-order valence-corrected chi connectivity index (χ3v) is 11.2. The Hall–Kier alpha value is -5.91. The lowest BCUT2D eigenvalue weighted by molar-refractivity contribution is 0.584. The van der Waals surface area contributed by atoms with E-state index >= 15 is 0 Å². The maximum absolute atomic E-state index is 14.0. The molecule has 3 aromatic heterocycles. The molecule has 0 saturated heterocycles. The zero-order valence-corrected chi connectivity index (χ0v) is 37.3. The van der Waals surface area contributed by atoms with Gasteiger partial charge < -0.3 is 0 Å². The van der Waals surface area contributed by atoms with Gasteiger partial charge in [-0.1, -0.05) is 98.6 Å². The van der Waals surface area contributed by atoms with Gasteiger partial charge in [0.2, 0.25) is 0 Å². The zero-order valence-electron chi connectivity index (χ0n) is 34.1. The van der Waals surface area contributed by atoms with E-state index < -0.39 is 34.9 Å². The number of alkyl halides is 2. The number of hydrogen-bond acceptors (Lipinski definition) is 3. The molecular formula is C52H41Br2F6N3. The molecule has 0 unspecified atom stereocenters. The van der Waals surface area contributed by atoms with Crippen LogP contribution in [0.4, 0.5) is 26.3 Å². The summed E-state index contributed by atoms with van der Waals surface area (Å²) in [7, 11) is 0. The van der Waals surface area contributed by atoms with Crippen LogP contribution in [-0.4, -0.2) is 15.0 Å². The number of halogens is 8. The molecule has 63 heavy (non-hydrogen) atoms. The second-order valence-electron chi connectivity index (χ2n) is 14.6. The summed E-state index contributed by atoms with van der Waals surface area (Å²) in [5.74, 6) is -3.66. The van der Waals surface area contributed by atoms with E-state index in [9.17, 15) is 26.3 Å². The van der Waals surface area contributed by atoms with Gasteiger partial charge in [-0.05, 0) is 126 Å². The largest absolute Gasteiger partial charge is 0.256 e. The molecule has 0 radical (unpaired) electrons. The normalized spacial score (nSPS) is 10.7. The Labute approximate surface area is 380 Å². The SMILES string of the molecule is BrCc1cccc(CBr)c1.Cc1ccc(-c2ccc(F)cc2F)nc1.Fc1ccc(-c2ccc(CCc3cccc(CCc4ccc(-c5ccc(F)cc5F)nc4)c3)cn2)c(F)c1. The summed E-state index contributed by atoms with van der Waals surface area (Å²) >= 11 is 6.81. The van der Waals surface area contributed by atoms with E-state index in [2.05, 4.69) is 89.3 Å². The van der Waals surface area contributed by atoms with Crippen molar-refractivity contribution in [3.05, 3.63) is 232 Å². The molecule has 8 aromatic rings. The standard InChI is InChI=1S/C32H24F4N2.C12H9F2N.C8H8Br2/c33-25-10-12-27(29(35)17-25)31-14-8-23(19-37-31)6-4-21-2-1-3-22(16-21)5-7-24-9-15-32(38-20-24)28-13-11-26(34)18-30(28)36;1-8-2-5-12(15-7-8)10-4-3-9(13)6-11(10)14;9-5-7-2-1-3-8(4-7)6-10/h1-3,8-20H,4-7H2;2-7H,1H3;1-4H,5-6H2. The Bertz CT molecular complexity index is 2600. The van der Waals surface area contributed by atoms with Gasteiger partial charge in [0.25, 0.3) is 0 Å². The van der Waals surface area contributed by atoms with Gasteiger partial charge in [-0.15, -0.1) is 0 Å². The first kappa shape index (κ1) is 46.6. The second-order valence-corrected chi connectivity index (χ2v) is 15.7. The molecule has 11 heteroatoms. The van der Waals surface area contributed by atoms with Gasteiger partial charge in [0, 0.05) is 64.1 Å². The molecule has 3 heterocycles. The fraction of sp³-hybridized carbons (Fsp3) is 0.135. The molecule has 0 aliphatic rings. The monoisotopic (exact) mass is 979 g/mol. The van der Waals surface area contributed by atoms with Crippen LogP contribution in [0.15, 0.2) is 158 Å². The number of aryl methyl sites for hydroxylation is 5. The third kappa shape index (κ3) is 13.8. The van der Waals surface area contributed by atoms with E-state index in [1.165, 1.54) is 58.7 Å². The molecule has 0 aliphatic heterocycles. The predicted octanol–water partition coefficient (Wildman–Crippen LogP) is 14.7. The van der Waals surface area contributed by atoms with Crippen LogP contribution in [0.5, 0.6) is 0 Å². The lowest BCUT2D eigenvalue weighted by atomic mass is 9.99. The van der Waals surface area contributed by atoms with Crippen molar-refractivity contribution in [2.75, 3.05) is 0 Å². The first-order valence-corrected chi connectivity index (χ1v) is 22.2. The lowest BCUT2D eigenvalue weighted by Gasteiger charge is -2.08. The molecule has 0 amide bonds. The lowest BCUT2D eigenvalue weighted by Crippen LogP contribution is -1.97. The van der Waals surface area contributed by atoms with Crippen LogP contribution < -0.4 is 0 Å². The fourth-order valence-electron chi connectivity index (χ4n) is 6.50. The van der Waals surface area contributed by atoms with Gasteiger partial charge in [-0.25, -0.2) is 26.3 Å². The first-order valence-electron chi connectivity index (χ1n) is 19.9. The molecule has 0 atom stereocenters. The van der Waals surface area contributed by atoms with Gasteiger partial charge in [0.15, 0.2) is 0 Å². The highest BCUT2D eigenvalue weighted by Gasteiger charge is 2.10. The molecule has 5 aromatic carbocycles. The second kappa shape index (κ2) is 23.0. The van der Waals surface area contributed by atoms with Crippen molar-refractivity contribution < 1.29 is 26.3 Å². The van der Waals surface area contributed by atoms with Crippen LogP contribution >= 0.6 is 31.9 Å². The van der Waals surface area contributed by atoms with Crippen LogP contribution in [0.25, 0.3) is 33.8 Å². The molecule has 8 rings (SSSR count). The average molecular weight is 982 g/mol. The maximum atomic E-state index is 14.0. The Kier molecular flexibility index (Phi) is 17.0. The molecule has 0 bridgehead atoms.